The van der Waals surface area contributed by atoms with Crippen molar-refractivity contribution in [3.05, 3.63) is 58.9 Å². The van der Waals surface area contributed by atoms with Gasteiger partial charge < -0.3 is 14.5 Å². The molecule has 0 N–H and O–H groups in total. The zero-order valence-electron chi connectivity index (χ0n) is 18.8. The Morgan fingerprint density at radius 1 is 1.12 bits per heavy atom. The third kappa shape index (κ3) is 3.45. The lowest BCUT2D eigenvalue weighted by Crippen LogP contribution is -2.45. The third-order valence-electron chi connectivity index (χ3n) is 7.88. The standard InChI is InChI=1S/C26H27N3O3S/c1-17-18(2-3-20-21(17)16-32-24(20)30)5-10-28-11-6-26(7-12-28)8-13-29(25(26)31)23-14-19-4-9-27-15-22(19)33-23/h2-4,9,14-15H,5-8,10-13,16H2,1H3. The van der Waals surface area contributed by atoms with Gasteiger partial charge in [0, 0.05) is 31.0 Å². The molecular weight excluding hydrogens is 434 g/mol. The second kappa shape index (κ2) is 7.92. The molecule has 0 atom stereocenters. The van der Waals surface area contributed by atoms with E-state index in [1.54, 1.807) is 17.5 Å². The largest absolute Gasteiger partial charge is 0.457 e. The van der Waals surface area contributed by atoms with E-state index in [1.165, 1.54) is 11.1 Å². The fraction of sp³-hybridized carbons (Fsp3) is 0.423. The molecule has 33 heavy (non-hydrogen) atoms. The normalized spacial score (nSPS) is 20.1. The number of rotatable bonds is 4. The molecule has 0 radical (unpaired) electrons. The summed E-state index contributed by atoms with van der Waals surface area (Å²) in [6, 6.07) is 8.13. The molecule has 1 spiro atoms. The molecule has 2 aromatic heterocycles. The Kier molecular flexibility index (Phi) is 4.99. The molecule has 0 aliphatic carbocycles. The minimum atomic E-state index is -0.205. The number of esters is 1. The van der Waals surface area contributed by atoms with Gasteiger partial charge in [0.05, 0.1) is 20.7 Å². The lowest BCUT2D eigenvalue weighted by molar-refractivity contribution is -0.127. The van der Waals surface area contributed by atoms with Crippen LogP contribution in [0.25, 0.3) is 10.1 Å². The van der Waals surface area contributed by atoms with Crippen LogP contribution in [0.5, 0.6) is 0 Å². The Morgan fingerprint density at radius 3 is 2.76 bits per heavy atom. The summed E-state index contributed by atoms with van der Waals surface area (Å²) in [6.07, 6.45) is 7.45. The molecule has 5 heterocycles. The van der Waals surface area contributed by atoms with Crippen molar-refractivity contribution in [1.82, 2.24) is 9.88 Å². The van der Waals surface area contributed by atoms with Crippen LogP contribution in [0.15, 0.2) is 36.7 Å². The van der Waals surface area contributed by atoms with Gasteiger partial charge >= 0.3 is 5.97 Å². The number of amides is 1. The van der Waals surface area contributed by atoms with Crippen molar-refractivity contribution in [3.63, 3.8) is 0 Å². The summed E-state index contributed by atoms with van der Waals surface area (Å²) < 4.78 is 6.32. The minimum Gasteiger partial charge on any atom is -0.457 e. The summed E-state index contributed by atoms with van der Waals surface area (Å²) >= 11 is 1.66. The average Bonchev–Trinajstić information content (AvgIpc) is 3.51. The van der Waals surface area contributed by atoms with Gasteiger partial charge in [-0.25, -0.2) is 4.79 Å². The number of thiophene rings is 1. The Morgan fingerprint density at radius 2 is 1.94 bits per heavy atom. The van der Waals surface area contributed by atoms with Gasteiger partial charge in [0.25, 0.3) is 0 Å². The van der Waals surface area contributed by atoms with Gasteiger partial charge in [-0.15, -0.1) is 11.3 Å². The smallest absolute Gasteiger partial charge is 0.338 e. The maximum Gasteiger partial charge on any atom is 0.338 e. The molecule has 1 aromatic carbocycles. The van der Waals surface area contributed by atoms with Crippen LogP contribution < -0.4 is 4.90 Å². The number of pyridine rings is 1. The second-order valence-electron chi connectivity index (χ2n) is 9.53. The highest BCUT2D eigenvalue weighted by molar-refractivity contribution is 7.23. The fourth-order valence-electron chi connectivity index (χ4n) is 5.65. The number of carbonyl (C=O) groups excluding carboxylic acids is 2. The molecule has 0 saturated carbocycles. The predicted molar refractivity (Wildman–Crippen MR) is 129 cm³/mol. The molecule has 0 unspecified atom stereocenters. The van der Waals surface area contributed by atoms with E-state index < -0.39 is 0 Å². The van der Waals surface area contributed by atoms with Crippen LogP contribution in [0, 0.1) is 12.3 Å². The molecule has 3 aromatic rings. The molecule has 3 aliphatic rings. The number of fused-ring (bicyclic) bond motifs is 2. The monoisotopic (exact) mass is 461 g/mol. The Hall–Kier alpha value is -2.77. The summed E-state index contributed by atoms with van der Waals surface area (Å²) in [6.45, 7) is 6.20. The van der Waals surface area contributed by atoms with E-state index in [0.717, 1.165) is 78.1 Å². The molecule has 6 rings (SSSR count). The number of benzene rings is 1. The second-order valence-corrected chi connectivity index (χ2v) is 10.6. The number of carbonyl (C=O) groups is 2. The molecule has 2 fully saturated rings. The van der Waals surface area contributed by atoms with Crippen molar-refractivity contribution in [2.45, 2.75) is 39.2 Å². The number of piperidine rings is 1. The lowest BCUT2D eigenvalue weighted by atomic mass is 9.77. The van der Waals surface area contributed by atoms with Gasteiger partial charge in [-0.1, -0.05) is 6.07 Å². The van der Waals surface area contributed by atoms with Crippen LogP contribution in [0.4, 0.5) is 5.00 Å². The number of aromatic nitrogens is 1. The topological polar surface area (TPSA) is 62.7 Å². The van der Waals surface area contributed by atoms with Crippen LogP contribution in [0.2, 0.25) is 0 Å². The van der Waals surface area contributed by atoms with Crippen LogP contribution in [0.3, 0.4) is 0 Å². The lowest BCUT2D eigenvalue weighted by Gasteiger charge is -2.38. The van der Waals surface area contributed by atoms with Gasteiger partial charge in [0.15, 0.2) is 0 Å². The zero-order chi connectivity index (χ0) is 22.6. The number of hydrogen-bond acceptors (Lipinski definition) is 6. The average molecular weight is 462 g/mol. The zero-order valence-corrected chi connectivity index (χ0v) is 19.6. The Labute approximate surface area is 197 Å². The Bertz CT molecular complexity index is 1230. The Balaban J connectivity index is 1.09. The van der Waals surface area contributed by atoms with E-state index in [4.69, 9.17) is 4.74 Å². The van der Waals surface area contributed by atoms with Crippen molar-refractivity contribution in [2.75, 3.05) is 31.1 Å². The maximum atomic E-state index is 13.5. The van der Waals surface area contributed by atoms with Gasteiger partial charge in [0.2, 0.25) is 5.91 Å². The predicted octanol–water partition coefficient (Wildman–Crippen LogP) is 4.34. The number of hydrogen-bond donors (Lipinski definition) is 0. The highest BCUT2D eigenvalue weighted by Crippen LogP contribution is 2.45. The summed E-state index contributed by atoms with van der Waals surface area (Å²) in [4.78, 5) is 34.0. The number of cyclic esters (lactones) is 1. The molecule has 7 heteroatoms. The molecule has 170 valence electrons. The SMILES string of the molecule is Cc1c(CCN2CCC3(CC2)CCN(c2cc4ccncc4s2)C3=O)ccc2c1COC2=O. The maximum absolute atomic E-state index is 13.5. The number of ether oxygens (including phenoxy) is 1. The van der Waals surface area contributed by atoms with Crippen molar-refractivity contribution in [1.29, 1.82) is 0 Å². The van der Waals surface area contributed by atoms with Gasteiger partial charge in [0.1, 0.15) is 6.61 Å². The summed E-state index contributed by atoms with van der Waals surface area (Å²) in [5, 5.41) is 2.21. The summed E-state index contributed by atoms with van der Waals surface area (Å²) in [7, 11) is 0. The molecular formula is C26H27N3O3S. The van der Waals surface area contributed by atoms with Crippen LogP contribution in [0.1, 0.15) is 46.3 Å². The molecule has 2 saturated heterocycles. The fourth-order valence-corrected chi connectivity index (χ4v) is 6.70. The van der Waals surface area contributed by atoms with Crippen molar-refractivity contribution in [2.24, 2.45) is 5.41 Å². The van der Waals surface area contributed by atoms with Gasteiger partial charge in [-0.2, -0.15) is 0 Å². The van der Waals surface area contributed by atoms with Crippen LogP contribution in [-0.4, -0.2) is 47.9 Å². The molecule has 0 bridgehead atoms. The highest BCUT2D eigenvalue weighted by atomic mass is 32.1. The molecule has 6 nitrogen and oxygen atoms in total. The summed E-state index contributed by atoms with van der Waals surface area (Å²) in [5.41, 5.74) is 4.03. The number of likely N-dealkylation sites (tertiary alicyclic amines) is 1. The first-order valence-electron chi connectivity index (χ1n) is 11.7. The van der Waals surface area contributed by atoms with E-state index in [2.05, 4.69) is 28.9 Å². The van der Waals surface area contributed by atoms with E-state index in [-0.39, 0.29) is 11.4 Å². The first-order chi connectivity index (χ1) is 16.0. The van der Waals surface area contributed by atoms with Gasteiger partial charge in [-0.05, 0) is 80.4 Å². The van der Waals surface area contributed by atoms with Gasteiger partial charge in [-0.3, -0.25) is 9.78 Å². The number of nitrogens with zero attached hydrogens (tertiary/aromatic N) is 3. The van der Waals surface area contributed by atoms with E-state index in [9.17, 15) is 9.59 Å². The van der Waals surface area contributed by atoms with Crippen LogP contribution in [-0.2, 0) is 22.6 Å². The number of anilines is 1. The van der Waals surface area contributed by atoms with E-state index >= 15 is 0 Å². The van der Waals surface area contributed by atoms with E-state index in [0.29, 0.717) is 12.5 Å². The quantitative estimate of drug-likeness (QED) is 0.541. The molecule has 3 aliphatic heterocycles. The van der Waals surface area contributed by atoms with E-state index in [1.807, 2.05) is 23.2 Å². The first-order valence-corrected chi connectivity index (χ1v) is 12.5. The molecule has 1 amide bonds. The third-order valence-corrected chi connectivity index (χ3v) is 8.99. The van der Waals surface area contributed by atoms with Crippen LogP contribution >= 0.6 is 11.3 Å². The summed E-state index contributed by atoms with van der Waals surface area (Å²) in [5.74, 6) is 0.101. The van der Waals surface area contributed by atoms with Crippen molar-refractivity contribution < 1.29 is 14.3 Å². The van der Waals surface area contributed by atoms with Crippen molar-refractivity contribution in [3.8, 4) is 0 Å². The van der Waals surface area contributed by atoms with Crippen molar-refractivity contribution >= 4 is 38.3 Å². The minimum absolute atomic E-state index is 0.202. The first kappa shape index (κ1) is 20.8. The highest BCUT2D eigenvalue weighted by Gasteiger charge is 2.48.